The van der Waals surface area contributed by atoms with Gasteiger partial charge < -0.3 is 24.8 Å². The molecule has 70 heavy (non-hydrogen) atoms. The number of carboxylic acid groups (broad SMARTS) is 1. The van der Waals surface area contributed by atoms with Crippen LogP contribution in [0.1, 0.15) is 292 Å². The predicted molar refractivity (Wildman–Crippen MR) is 302 cm³/mol. The van der Waals surface area contributed by atoms with Gasteiger partial charge in [-0.1, -0.05) is 214 Å². The van der Waals surface area contributed by atoms with Crippen LogP contribution in [0.15, 0.2) is 24.3 Å². The highest BCUT2D eigenvalue weighted by molar-refractivity contribution is 5.69. The summed E-state index contributed by atoms with van der Waals surface area (Å²) < 4.78 is 11.7. The van der Waals surface area contributed by atoms with Gasteiger partial charge in [0.15, 0.2) is 0 Å². The number of carbonyl (C=O) groups is 3. The molecule has 0 bridgehead atoms. The molecule has 0 aliphatic heterocycles. The fourth-order valence-electron chi connectivity index (χ4n) is 8.84. The molecule has 1 amide bonds. The molecule has 0 aromatic carbocycles. The summed E-state index contributed by atoms with van der Waals surface area (Å²) >= 11 is 0. The lowest BCUT2D eigenvalue weighted by Crippen LogP contribution is -2.33. The smallest absolute Gasteiger partial charge is 0.407 e. The first-order valence-electron chi connectivity index (χ1n) is 30.3. The molecule has 0 unspecified atom stereocenters. The number of carboxylic acids is 1. The predicted octanol–water partition coefficient (Wildman–Crippen LogP) is 17.7. The van der Waals surface area contributed by atoms with Gasteiger partial charge in [-0.2, -0.15) is 0 Å². The van der Waals surface area contributed by atoms with E-state index < -0.39 is 5.97 Å². The fraction of sp³-hybridized carbons (Fsp3) is 0.885. The average molecular weight is 991 g/mol. The molecule has 0 aliphatic carbocycles. The number of ether oxygens (including phenoxy) is 2. The van der Waals surface area contributed by atoms with E-state index in [2.05, 4.69) is 81.0 Å². The Hall–Kier alpha value is -2.39. The van der Waals surface area contributed by atoms with Crippen molar-refractivity contribution in [1.29, 1.82) is 0 Å². The summed E-state index contributed by atoms with van der Waals surface area (Å²) in [6.07, 6.45) is 54.6. The van der Waals surface area contributed by atoms with Crippen molar-refractivity contribution >= 4 is 18.0 Å². The molecule has 0 heterocycles. The third-order valence-corrected chi connectivity index (χ3v) is 13.5. The van der Waals surface area contributed by atoms with E-state index in [1.807, 2.05) is 0 Å². The third-order valence-electron chi connectivity index (χ3n) is 13.5. The van der Waals surface area contributed by atoms with Crippen molar-refractivity contribution in [3.8, 4) is 0 Å². The Morgan fingerprint density at radius 1 is 0.457 bits per heavy atom. The molecule has 414 valence electrons. The second-order valence-corrected chi connectivity index (χ2v) is 20.2. The first kappa shape index (κ1) is 69.7. The molecular formula is C61H119N3O6. The van der Waals surface area contributed by atoms with Crippen molar-refractivity contribution in [3.05, 3.63) is 24.3 Å². The summed E-state index contributed by atoms with van der Waals surface area (Å²) in [6, 6.07) is 0. The second kappa shape index (κ2) is 59.2. The molecule has 9 nitrogen and oxygen atoms in total. The lowest BCUT2D eigenvalue weighted by atomic mass is 10.0. The van der Waals surface area contributed by atoms with Gasteiger partial charge in [0.2, 0.25) is 0 Å². The van der Waals surface area contributed by atoms with E-state index in [1.54, 1.807) is 0 Å². The molecule has 2 N–H and O–H groups in total. The number of amides is 1. The number of alkyl carbamates (subject to hydrolysis) is 1. The van der Waals surface area contributed by atoms with E-state index in [0.717, 1.165) is 103 Å². The van der Waals surface area contributed by atoms with Crippen LogP contribution in [0.4, 0.5) is 4.79 Å². The van der Waals surface area contributed by atoms with Gasteiger partial charge in [-0.3, -0.25) is 14.5 Å². The van der Waals surface area contributed by atoms with E-state index in [9.17, 15) is 14.4 Å². The average Bonchev–Trinajstić information content (AvgIpc) is 3.35. The minimum absolute atomic E-state index is 0.0179. The number of hydrogen-bond donors (Lipinski definition) is 2. The molecule has 9 heteroatoms. The van der Waals surface area contributed by atoms with Crippen LogP contribution in [0.5, 0.6) is 0 Å². The quantitative estimate of drug-likeness (QED) is 0.0352. The van der Waals surface area contributed by atoms with Crippen molar-refractivity contribution in [2.24, 2.45) is 0 Å². The standard InChI is InChI=1S/C53H103N3O4.C8H16O2/c1-6-11-14-17-20-21-22-23-24-25-26-27-28-29-34-39-46-56(49-50-59-53(58)54-45-41-48-55(9-4)10-5)47-40-35-30-33-38-44-52(57)60-51(42-36-31-18-15-12-7-2)43-37-32-19-16-13-8-3;1-2-3-4-5-6-7-8(9)10/h20-21,23-24,51H,6-19,22,25-50H2,1-5H3,(H,54,58);2-7H2,1H3,(H,9,10)/b21-20-,24-23-;. The van der Waals surface area contributed by atoms with Gasteiger partial charge in [0.25, 0.3) is 0 Å². The molecule has 0 aromatic heterocycles. The van der Waals surface area contributed by atoms with Gasteiger partial charge >= 0.3 is 18.0 Å². The number of carbonyl (C=O) groups excluding carboxylic acids is 2. The minimum atomic E-state index is -0.670. The van der Waals surface area contributed by atoms with E-state index in [-0.39, 0.29) is 18.2 Å². The Balaban J connectivity index is 0. The van der Waals surface area contributed by atoms with E-state index >= 15 is 0 Å². The zero-order valence-corrected chi connectivity index (χ0v) is 47.5. The van der Waals surface area contributed by atoms with Gasteiger partial charge in [0.1, 0.15) is 12.7 Å². The Morgan fingerprint density at radius 3 is 1.37 bits per heavy atom. The zero-order chi connectivity index (χ0) is 51.6. The minimum Gasteiger partial charge on any atom is -0.481 e. The molecule has 0 saturated carbocycles. The number of rotatable bonds is 53. The van der Waals surface area contributed by atoms with Crippen molar-refractivity contribution in [2.45, 2.75) is 298 Å². The van der Waals surface area contributed by atoms with Crippen LogP contribution in [0.2, 0.25) is 0 Å². The van der Waals surface area contributed by atoms with Gasteiger partial charge in [-0.15, -0.1) is 0 Å². The number of esters is 1. The lowest BCUT2D eigenvalue weighted by molar-refractivity contribution is -0.150. The summed E-state index contributed by atoms with van der Waals surface area (Å²) in [5.41, 5.74) is 0. The Labute approximate surface area is 435 Å². The third kappa shape index (κ3) is 56.5. The van der Waals surface area contributed by atoms with Crippen molar-refractivity contribution < 1.29 is 29.0 Å². The molecule has 0 saturated heterocycles. The molecule has 0 radical (unpaired) electrons. The molecule has 0 fully saturated rings. The number of unbranched alkanes of at least 4 members (excludes halogenated alkanes) is 27. The Morgan fingerprint density at radius 2 is 0.871 bits per heavy atom. The summed E-state index contributed by atoms with van der Waals surface area (Å²) in [5.74, 6) is -0.652. The van der Waals surface area contributed by atoms with Crippen LogP contribution >= 0.6 is 0 Å². The van der Waals surface area contributed by atoms with E-state index in [0.29, 0.717) is 26.0 Å². The Kier molecular flexibility index (Phi) is 58.9. The summed E-state index contributed by atoms with van der Waals surface area (Å²) in [6.45, 7) is 20.4. The van der Waals surface area contributed by atoms with Crippen LogP contribution in [0, 0.1) is 0 Å². The van der Waals surface area contributed by atoms with Crippen LogP contribution in [0.25, 0.3) is 0 Å². The van der Waals surface area contributed by atoms with Crippen LogP contribution in [-0.4, -0.2) is 91.5 Å². The molecule has 0 aliphatic rings. The van der Waals surface area contributed by atoms with Crippen LogP contribution < -0.4 is 5.32 Å². The summed E-state index contributed by atoms with van der Waals surface area (Å²) in [4.78, 5) is 40.1. The van der Waals surface area contributed by atoms with Crippen molar-refractivity contribution in [1.82, 2.24) is 15.1 Å². The van der Waals surface area contributed by atoms with Crippen molar-refractivity contribution in [2.75, 3.05) is 52.4 Å². The van der Waals surface area contributed by atoms with E-state index in [4.69, 9.17) is 14.6 Å². The maximum absolute atomic E-state index is 12.9. The van der Waals surface area contributed by atoms with Crippen LogP contribution in [-0.2, 0) is 19.1 Å². The summed E-state index contributed by atoms with van der Waals surface area (Å²) in [7, 11) is 0. The second-order valence-electron chi connectivity index (χ2n) is 20.2. The number of nitrogens with zero attached hydrogens (tertiary/aromatic N) is 2. The highest BCUT2D eigenvalue weighted by Crippen LogP contribution is 2.19. The number of nitrogens with one attached hydrogen (secondary N) is 1. The Bertz CT molecular complexity index is 1130. The molecule has 0 rings (SSSR count). The fourth-order valence-corrected chi connectivity index (χ4v) is 8.84. The molecule has 0 aromatic rings. The largest absolute Gasteiger partial charge is 0.481 e. The maximum atomic E-state index is 12.9. The van der Waals surface area contributed by atoms with Gasteiger partial charge in [-0.05, 0) is 123 Å². The van der Waals surface area contributed by atoms with Crippen LogP contribution in [0.3, 0.4) is 0 Å². The number of allylic oxidation sites excluding steroid dienone is 4. The number of hydrogen-bond acceptors (Lipinski definition) is 7. The first-order valence-corrected chi connectivity index (χ1v) is 30.3. The van der Waals surface area contributed by atoms with Gasteiger partial charge in [0.05, 0.1) is 0 Å². The molecule has 0 spiro atoms. The highest BCUT2D eigenvalue weighted by Gasteiger charge is 2.15. The number of aliphatic carboxylic acids is 1. The van der Waals surface area contributed by atoms with E-state index in [1.165, 1.54) is 173 Å². The highest BCUT2D eigenvalue weighted by atomic mass is 16.5. The lowest BCUT2D eigenvalue weighted by Gasteiger charge is -2.22. The molecular weight excluding hydrogens is 871 g/mol. The zero-order valence-electron chi connectivity index (χ0n) is 47.5. The topological polar surface area (TPSA) is 108 Å². The SMILES string of the molecule is CCCCC/C=C\C/C=C\CCCCCCCCN(CCCCCCCC(=O)OC(CCCCCCCC)CCCCCCCC)CCOC(=O)NCCCN(CC)CC.CCCCCCCC(=O)O. The maximum Gasteiger partial charge on any atom is 0.407 e. The summed E-state index contributed by atoms with van der Waals surface area (Å²) in [5, 5.41) is 11.2. The normalized spacial score (nSPS) is 11.6. The monoisotopic (exact) mass is 990 g/mol. The van der Waals surface area contributed by atoms with Gasteiger partial charge in [0, 0.05) is 25.9 Å². The first-order chi connectivity index (χ1) is 34.3. The molecule has 0 atom stereocenters. The van der Waals surface area contributed by atoms with Gasteiger partial charge in [-0.25, -0.2) is 4.79 Å². The van der Waals surface area contributed by atoms with Crippen molar-refractivity contribution in [3.63, 3.8) is 0 Å².